The van der Waals surface area contributed by atoms with Crippen LogP contribution in [0.4, 0.5) is 4.39 Å². The number of halogens is 1. The van der Waals surface area contributed by atoms with Gasteiger partial charge in [-0.25, -0.2) is 4.98 Å². The van der Waals surface area contributed by atoms with E-state index in [2.05, 4.69) is 4.98 Å². The molecule has 3 nitrogen and oxygen atoms in total. The average Bonchev–Trinajstić information content (AvgIpc) is 3.53. The zero-order valence-corrected chi connectivity index (χ0v) is 16.7. The van der Waals surface area contributed by atoms with E-state index in [0.29, 0.717) is 18.6 Å². The number of aromatic nitrogens is 1. The molecule has 1 aromatic rings. The summed E-state index contributed by atoms with van der Waals surface area (Å²) in [7, 11) is 0. The molecule has 0 unspecified atom stereocenters. The summed E-state index contributed by atoms with van der Waals surface area (Å²) in [5, 5.41) is 0. The second-order valence-electron chi connectivity index (χ2n) is 8.88. The summed E-state index contributed by atoms with van der Waals surface area (Å²) in [5.74, 6) is 2.82. The predicted octanol–water partition coefficient (Wildman–Crippen LogP) is 5.88. The van der Waals surface area contributed by atoms with Crippen molar-refractivity contribution < 1.29 is 13.9 Å². The van der Waals surface area contributed by atoms with E-state index in [9.17, 15) is 4.39 Å². The second kappa shape index (κ2) is 8.89. The Hall–Kier alpha value is -1.16. The van der Waals surface area contributed by atoms with Crippen molar-refractivity contribution in [2.45, 2.75) is 83.2 Å². The third-order valence-corrected chi connectivity index (χ3v) is 6.98. The van der Waals surface area contributed by atoms with Gasteiger partial charge in [0, 0.05) is 18.2 Å². The molecule has 150 valence electrons. The minimum Gasteiger partial charge on any atom is -0.489 e. The molecule has 0 bridgehead atoms. The molecule has 3 aliphatic rings. The highest BCUT2D eigenvalue weighted by Gasteiger charge is 2.32. The van der Waals surface area contributed by atoms with Crippen molar-refractivity contribution in [3.8, 4) is 5.75 Å². The van der Waals surface area contributed by atoms with Crippen LogP contribution in [-0.2, 0) is 4.74 Å². The topological polar surface area (TPSA) is 31.4 Å². The number of pyridine rings is 1. The fraction of sp³-hybridized carbons (Fsp3) is 0.783. The summed E-state index contributed by atoms with van der Waals surface area (Å²) >= 11 is 0. The van der Waals surface area contributed by atoms with E-state index in [1.165, 1.54) is 51.4 Å². The average molecular weight is 376 g/mol. The summed E-state index contributed by atoms with van der Waals surface area (Å²) in [6.45, 7) is 3.34. The lowest BCUT2D eigenvalue weighted by atomic mass is 9.70. The van der Waals surface area contributed by atoms with Gasteiger partial charge in [0.05, 0.1) is 12.7 Å². The number of ether oxygens (including phenoxy) is 2. The normalized spacial score (nSPS) is 31.6. The Labute approximate surface area is 163 Å². The van der Waals surface area contributed by atoms with E-state index < -0.39 is 5.95 Å². The van der Waals surface area contributed by atoms with E-state index in [1.807, 2.05) is 13.0 Å². The Morgan fingerprint density at radius 2 is 1.59 bits per heavy atom. The lowest BCUT2D eigenvalue weighted by Crippen LogP contribution is -2.28. The molecule has 3 aliphatic carbocycles. The lowest BCUT2D eigenvalue weighted by Gasteiger charge is -2.37. The molecule has 27 heavy (non-hydrogen) atoms. The fourth-order valence-corrected chi connectivity index (χ4v) is 5.10. The molecule has 0 aromatic carbocycles. The molecule has 0 amide bonds. The smallest absolute Gasteiger partial charge is 0.255 e. The molecule has 4 rings (SSSR count). The zero-order valence-electron chi connectivity index (χ0n) is 16.7. The van der Waals surface area contributed by atoms with Gasteiger partial charge in [0.1, 0.15) is 0 Å². The summed E-state index contributed by atoms with van der Waals surface area (Å²) in [6, 6.07) is 3.71. The van der Waals surface area contributed by atoms with Gasteiger partial charge in [-0.05, 0) is 101 Å². The maximum Gasteiger partial charge on any atom is 0.255 e. The van der Waals surface area contributed by atoms with Crippen molar-refractivity contribution in [1.82, 2.24) is 4.98 Å². The third kappa shape index (κ3) is 5.01. The quantitative estimate of drug-likeness (QED) is 0.558. The molecule has 0 spiro atoms. The van der Waals surface area contributed by atoms with Crippen molar-refractivity contribution in [1.29, 1.82) is 0 Å². The van der Waals surface area contributed by atoms with Crippen LogP contribution in [0.1, 0.15) is 82.7 Å². The van der Waals surface area contributed by atoms with Gasteiger partial charge in [-0.2, -0.15) is 4.39 Å². The van der Waals surface area contributed by atoms with Crippen LogP contribution in [0.2, 0.25) is 0 Å². The van der Waals surface area contributed by atoms with Crippen molar-refractivity contribution >= 4 is 0 Å². The van der Waals surface area contributed by atoms with E-state index in [-0.39, 0.29) is 5.75 Å². The van der Waals surface area contributed by atoms with Gasteiger partial charge in [0.2, 0.25) is 0 Å². The standard InChI is InChI=1S/C23H34FNO2/c1-2-26-22-14-13-21(25-23(22)24)19-7-5-17(6-8-19)18-9-11-20(12-10-18)27-15-16-3-4-16/h13-14,16-20H,2-12,15H2,1H3. The van der Waals surface area contributed by atoms with Gasteiger partial charge in [-0.3, -0.25) is 0 Å². The highest BCUT2D eigenvalue weighted by atomic mass is 19.1. The van der Waals surface area contributed by atoms with Crippen LogP contribution in [0.3, 0.4) is 0 Å². The van der Waals surface area contributed by atoms with Gasteiger partial charge < -0.3 is 9.47 Å². The first-order chi connectivity index (χ1) is 13.2. The molecular formula is C23H34FNO2. The van der Waals surface area contributed by atoms with Crippen molar-refractivity contribution in [2.24, 2.45) is 17.8 Å². The molecule has 4 heteroatoms. The van der Waals surface area contributed by atoms with Gasteiger partial charge in [-0.15, -0.1) is 0 Å². The highest BCUT2D eigenvalue weighted by molar-refractivity contribution is 5.23. The molecule has 1 heterocycles. The number of nitrogens with zero attached hydrogens (tertiary/aromatic N) is 1. The van der Waals surface area contributed by atoms with Crippen LogP contribution >= 0.6 is 0 Å². The zero-order chi connectivity index (χ0) is 18.6. The predicted molar refractivity (Wildman–Crippen MR) is 104 cm³/mol. The number of hydrogen-bond acceptors (Lipinski definition) is 3. The van der Waals surface area contributed by atoms with Crippen LogP contribution in [0.5, 0.6) is 5.75 Å². The first-order valence-corrected chi connectivity index (χ1v) is 11.1. The molecule has 0 N–H and O–H groups in total. The minimum absolute atomic E-state index is 0.274. The molecule has 3 saturated carbocycles. The van der Waals surface area contributed by atoms with Gasteiger partial charge in [0.25, 0.3) is 5.95 Å². The molecular weight excluding hydrogens is 341 g/mol. The van der Waals surface area contributed by atoms with Crippen molar-refractivity contribution in [3.05, 3.63) is 23.8 Å². The SMILES string of the molecule is CCOc1ccc(C2CCC(C3CCC(OCC4CC4)CC3)CC2)nc1F. The van der Waals surface area contributed by atoms with Crippen LogP contribution in [-0.4, -0.2) is 24.3 Å². The largest absolute Gasteiger partial charge is 0.489 e. The highest BCUT2D eigenvalue weighted by Crippen LogP contribution is 2.43. The summed E-state index contributed by atoms with van der Waals surface area (Å²) in [6.07, 6.45) is 13.3. The van der Waals surface area contributed by atoms with E-state index >= 15 is 0 Å². The van der Waals surface area contributed by atoms with E-state index in [4.69, 9.17) is 9.47 Å². The minimum atomic E-state index is -0.457. The van der Waals surface area contributed by atoms with Gasteiger partial charge >= 0.3 is 0 Å². The number of rotatable bonds is 7. The Morgan fingerprint density at radius 3 is 2.19 bits per heavy atom. The first-order valence-electron chi connectivity index (χ1n) is 11.1. The lowest BCUT2D eigenvalue weighted by molar-refractivity contribution is 0.00285. The maximum atomic E-state index is 14.1. The molecule has 1 aromatic heterocycles. The Bertz CT molecular complexity index is 602. The molecule has 0 saturated heterocycles. The van der Waals surface area contributed by atoms with E-state index in [1.54, 1.807) is 6.07 Å². The van der Waals surface area contributed by atoms with Crippen molar-refractivity contribution in [2.75, 3.05) is 13.2 Å². The van der Waals surface area contributed by atoms with Gasteiger partial charge in [-0.1, -0.05) is 0 Å². The van der Waals surface area contributed by atoms with Crippen LogP contribution in [0, 0.1) is 23.7 Å². The fourth-order valence-electron chi connectivity index (χ4n) is 5.10. The summed E-state index contributed by atoms with van der Waals surface area (Å²) in [5.41, 5.74) is 0.909. The molecule has 3 fully saturated rings. The molecule has 0 atom stereocenters. The Balaban J connectivity index is 1.22. The van der Waals surface area contributed by atoms with Crippen LogP contribution in [0.25, 0.3) is 0 Å². The monoisotopic (exact) mass is 375 g/mol. The Kier molecular flexibility index (Phi) is 6.31. The second-order valence-corrected chi connectivity index (χ2v) is 8.88. The first kappa shape index (κ1) is 19.2. The summed E-state index contributed by atoms with van der Waals surface area (Å²) < 4.78 is 25.4. The third-order valence-electron chi connectivity index (χ3n) is 6.98. The van der Waals surface area contributed by atoms with Crippen LogP contribution < -0.4 is 4.74 Å². The molecule has 0 radical (unpaired) electrons. The van der Waals surface area contributed by atoms with Gasteiger partial charge in [0.15, 0.2) is 5.75 Å². The maximum absolute atomic E-state index is 14.1. The van der Waals surface area contributed by atoms with E-state index in [0.717, 1.165) is 42.9 Å². The van der Waals surface area contributed by atoms with Crippen LogP contribution in [0.15, 0.2) is 12.1 Å². The molecule has 0 aliphatic heterocycles. The van der Waals surface area contributed by atoms with Crippen molar-refractivity contribution in [3.63, 3.8) is 0 Å². The number of hydrogen-bond donors (Lipinski definition) is 0. The summed E-state index contributed by atoms with van der Waals surface area (Å²) in [4.78, 5) is 4.19. The Morgan fingerprint density at radius 1 is 0.926 bits per heavy atom.